The molecule has 1 heterocycles. The highest BCUT2D eigenvalue weighted by Crippen LogP contribution is 2.33. The lowest BCUT2D eigenvalue weighted by molar-refractivity contribution is -0.137. The fourth-order valence-corrected chi connectivity index (χ4v) is 5.95. The van der Waals surface area contributed by atoms with Gasteiger partial charge in [-0.2, -0.15) is 0 Å². The Morgan fingerprint density at radius 1 is 1.07 bits per heavy atom. The van der Waals surface area contributed by atoms with Crippen molar-refractivity contribution in [3.8, 4) is 0 Å². The highest BCUT2D eigenvalue weighted by Gasteiger charge is 2.37. The first-order valence-corrected chi connectivity index (χ1v) is 11.1. The number of benzene rings is 2. The van der Waals surface area contributed by atoms with Gasteiger partial charge in [-0.05, 0) is 50.3 Å². The quantitative estimate of drug-likeness (QED) is 0.835. The monoisotopic (exact) mass is 400 g/mol. The van der Waals surface area contributed by atoms with Gasteiger partial charge < -0.3 is 4.90 Å². The first-order valence-electron chi connectivity index (χ1n) is 9.61. The summed E-state index contributed by atoms with van der Waals surface area (Å²) < 4.78 is 29.6. The Bertz CT molecular complexity index is 948. The van der Waals surface area contributed by atoms with Crippen LogP contribution in [0.25, 0.3) is 0 Å². The van der Waals surface area contributed by atoms with Crippen molar-refractivity contribution < 1.29 is 13.2 Å². The maximum absolute atomic E-state index is 13.4. The lowest BCUT2D eigenvalue weighted by Crippen LogP contribution is -2.45. The number of rotatable bonds is 5. The van der Waals surface area contributed by atoms with Gasteiger partial charge in [0, 0.05) is 13.6 Å². The zero-order valence-electron chi connectivity index (χ0n) is 16.9. The highest BCUT2D eigenvalue weighted by atomic mass is 32.2. The predicted octanol–water partition coefficient (Wildman–Crippen LogP) is 3.50. The van der Waals surface area contributed by atoms with Crippen molar-refractivity contribution in [1.82, 2.24) is 9.62 Å². The molecule has 1 aliphatic heterocycles. The van der Waals surface area contributed by atoms with E-state index >= 15 is 0 Å². The van der Waals surface area contributed by atoms with Gasteiger partial charge in [0.25, 0.3) is 0 Å². The van der Waals surface area contributed by atoms with Crippen molar-refractivity contribution in [2.45, 2.75) is 44.6 Å². The van der Waals surface area contributed by atoms with Gasteiger partial charge in [-0.15, -0.1) is 0 Å². The second-order valence-corrected chi connectivity index (χ2v) is 9.40. The second kappa shape index (κ2) is 8.05. The number of likely N-dealkylation sites (tertiary alicyclic amines) is 1. The number of nitrogens with one attached hydrogen (secondary N) is 1. The minimum Gasteiger partial charge on any atom is -0.345 e. The predicted molar refractivity (Wildman–Crippen MR) is 111 cm³/mol. The SMILES string of the molecule is Cc1cc(C)c(S(=O)(=O)NC(c2ccccc2)C2CCCN(C)C2=O)c(C)c1. The van der Waals surface area contributed by atoms with Gasteiger partial charge in [0.2, 0.25) is 15.9 Å². The summed E-state index contributed by atoms with van der Waals surface area (Å²) >= 11 is 0. The molecule has 1 aliphatic rings. The molecule has 1 fully saturated rings. The number of carbonyl (C=O) groups excluding carboxylic acids is 1. The molecule has 2 unspecified atom stereocenters. The molecule has 2 aromatic rings. The van der Waals surface area contributed by atoms with Crippen molar-refractivity contribution in [2.75, 3.05) is 13.6 Å². The summed E-state index contributed by atoms with van der Waals surface area (Å²) in [6, 6.07) is 12.5. The van der Waals surface area contributed by atoms with Crippen LogP contribution >= 0.6 is 0 Å². The summed E-state index contributed by atoms with van der Waals surface area (Å²) in [5.41, 5.74) is 3.26. The normalized spacial score (nSPS) is 18.9. The molecule has 1 N–H and O–H groups in total. The van der Waals surface area contributed by atoms with E-state index < -0.39 is 22.0 Å². The van der Waals surface area contributed by atoms with E-state index in [1.165, 1.54) is 0 Å². The highest BCUT2D eigenvalue weighted by molar-refractivity contribution is 7.89. The number of nitrogens with zero attached hydrogens (tertiary/aromatic N) is 1. The maximum Gasteiger partial charge on any atom is 0.241 e. The van der Waals surface area contributed by atoms with E-state index in [1.807, 2.05) is 63.2 Å². The number of hydrogen-bond donors (Lipinski definition) is 1. The van der Waals surface area contributed by atoms with Crippen LogP contribution in [0, 0.1) is 26.7 Å². The van der Waals surface area contributed by atoms with Gasteiger partial charge in [-0.25, -0.2) is 13.1 Å². The minimum atomic E-state index is -3.80. The average molecular weight is 401 g/mol. The molecule has 5 nitrogen and oxygen atoms in total. The summed E-state index contributed by atoms with van der Waals surface area (Å²) in [6.07, 6.45) is 1.53. The molecule has 2 atom stereocenters. The second-order valence-electron chi connectivity index (χ2n) is 7.75. The molecule has 0 aliphatic carbocycles. The van der Waals surface area contributed by atoms with Crippen molar-refractivity contribution >= 4 is 15.9 Å². The van der Waals surface area contributed by atoms with Crippen molar-refractivity contribution in [2.24, 2.45) is 5.92 Å². The molecule has 1 saturated heterocycles. The largest absolute Gasteiger partial charge is 0.345 e. The molecule has 2 aromatic carbocycles. The zero-order valence-corrected chi connectivity index (χ0v) is 17.7. The van der Waals surface area contributed by atoms with Gasteiger partial charge in [0.1, 0.15) is 0 Å². The third-order valence-electron chi connectivity index (χ3n) is 5.42. The molecule has 0 radical (unpaired) electrons. The molecular formula is C22H28N2O3S. The molecule has 1 amide bonds. The summed E-state index contributed by atoms with van der Waals surface area (Å²) in [4.78, 5) is 14.8. The molecule has 28 heavy (non-hydrogen) atoms. The van der Waals surface area contributed by atoms with E-state index in [-0.39, 0.29) is 5.91 Å². The van der Waals surface area contributed by atoms with Gasteiger partial charge in [0.05, 0.1) is 16.9 Å². The van der Waals surface area contributed by atoms with Crippen LogP contribution in [0.5, 0.6) is 0 Å². The number of piperidine rings is 1. The number of sulfonamides is 1. The molecule has 150 valence electrons. The number of aryl methyl sites for hydroxylation is 3. The van der Waals surface area contributed by atoms with E-state index in [1.54, 1.807) is 11.9 Å². The van der Waals surface area contributed by atoms with Crippen LogP contribution < -0.4 is 4.72 Å². The molecule has 0 bridgehead atoms. The topological polar surface area (TPSA) is 66.5 Å². The van der Waals surface area contributed by atoms with Gasteiger partial charge in [-0.1, -0.05) is 48.0 Å². The Kier molecular flexibility index (Phi) is 5.91. The van der Waals surface area contributed by atoms with Gasteiger partial charge >= 0.3 is 0 Å². The minimum absolute atomic E-state index is 0.0137. The summed E-state index contributed by atoms with van der Waals surface area (Å²) in [5, 5.41) is 0. The molecule has 0 spiro atoms. The fraction of sp³-hybridized carbons (Fsp3) is 0.409. The molecule has 3 rings (SSSR count). The molecular weight excluding hydrogens is 372 g/mol. The van der Waals surface area contributed by atoms with Crippen LogP contribution in [0.2, 0.25) is 0 Å². The smallest absolute Gasteiger partial charge is 0.241 e. The Hall–Kier alpha value is -2.18. The van der Waals surface area contributed by atoms with Crippen LogP contribution in [-0.4, -0.2) is 32.8 Å². The average Bonchev–Trinajstić information content (AvgIpc) is 2.62. The van der Waals surface area contributed by atoms with E-state index in [9.17, 15) is 13.2 Å². The molecule has 0 aromatic heterocycles. The Balaban J connectivity index is 2.04. The van der Waals surface area contributed by atoms with Crippen LogP contribution in [-0.2, 0) is 14.8 Å². The summed E-state index contributed by atoms with van der Waals surface area (Å²) in [5.74, 6) is -0.429. The van der Waals surface area contributed by atoms with E-state index in [0.29, 0.717) is 29.0 Å². The number of amides is 1. The number of carbonyl (C=O) groups is 1. The first-order chi connectivity index (χ1) is 13.2. The van der Waals surface area contributed by atoms with E-state index in [0.717, 1.165) is 17.5 Å². The Morgan fingerprint density at radius 3 is 2.29 bits per heavy atom. The summed E-state index contributed by atoms with van der Waals surface area (Å²) in [7, 11) is -2.02. The Morgan fingerprint density at radius 2 is 1.68 bits per heavy atom. The van der Waals surface area contributed by atoms with Crippen LogP contribution in [0.1, 0.15) is 41.1 Å². The van der Waals surface area contributed by atoms with Crippen molar-refractivity contribution in [1.29, 1.82) is 0 Å². The maximum atomic E-state index is 13.4. The van der Waals surface area contributed by atoms with Crippen molar-refractivity contribution in [3.05, 3.63) is 64.7 Å². The standard InChI is InChI=1S/C22H28N2O3S/c1-15-13-16(2)21(17(3)14-15)28(26,27)23-20(18-9-6-5-7-10-18)19-11-8-12-24(4)22(19)25/h5-7,9-10,13-14,19-20,23H,8,11-12H2,1-4H3. The lowest BCUT2D eigenvalue weighted by atomic mass is 9.86. The zero-order chi connectivity index (χ0) is 20.5. The molecule has 0 saturated carbocycles. The third-order valence-corrected chi connectivity index (χ3v) is 7.16. The fourth-order valence-electron chi connectivity index (χ4n) is 4.23. The van der Waals surface area contributed by atoms with Gasteiger partial charge in [-0.3, -0.25) is 4.79 Å². The van der Waals surface area contributed by atoms with Crippen molar-refractivity contribution in [3.63, 3.8) is 0 Å². The van der Waals surface area contributed by atoms with Gasteiger partial charge in [0.15, 0.2) is 0 Å². The first kappa shape index (κ1) is 20.6. The van der Waals surface area contributed by atoms with E-state index in [2.05, 4.69) is 4.72 Å². The molecule has 6 heteroatoms. The third kappa shape index (κ3) is 4.13. The Labute approximate surface area is 167 Å². The number of hydrogen-bond acceptors (Lipinski definition) is 3. The van der Waals surface area contributed by atoms with Crippen LogP contribution in [0.4, 0.5) is 0 Å². The lowest BCUT2D eigenvalue weighted by Gasteiger charge is -2.35. The van der Waals surface area contributed by atoms with Crippen LogP contribution in [0.3, 0.4) is 0 Å². The summed E-state index contributed by atoms with van der Waals surface area (Å²) in [6.45, 7) is 6.28. The van der Waals surface area contributed by atoms with E-state index in [4.69, 9.17) is 0 Å². The van der Waals surface area contributed by atoms with Crippen LogP contribution in [0.15, 0.2) is 47.4 Å².